The van der Waals surface area contributed by atoms with E-state index >= 15 is 0 Å². The molecular formula is C30H35N5O3S. The quantitative estimate of drug-likeness (QED) is 0.489. The van der Waals surface area contributed by atoms with E-state index in [1.165, 1.54) is 35.7 Å². The smallest absolute Gasteiger partial charge is 0.175 e. The molecule has 1 aliphatic carbocycles. The van der Waals surface area contributed by atoms with E-state index in [4.69, 9.17) is 19.4 Å². The Kier molecular flexibility index (Phi) is 6.40. The molecule has 39 heavy (non-hydrogen) atoms. The Labute approximate surface area is 233 Å². The van der Waals surface area contributed by atoms with Gasteiger partial charge in [0, 0.05) is 32.5 Å². The van der Waals surface area contributed by atoms with E-state index in [1.54, 1.807) is 0 Å². The van der Waals surface area contributed by atoms with E-state index in [1.807, 2.05) is 19.2 Å². The van der Waals surface area contributed by atoms with E-state index in [9.17, 15) is 5.11 Å². The number of fused-ring (bicyclic) bond motifs is 2. The van der Waals surface area contributed by atoms with E-state index in [0.29, 0.717) is 17.7 Å². The fourth-order valence-electron chi connectivity index (χ4n) is 6.67. The average Bonchev–Trinajstić information content (AvgIpc) is 3.32. The number of nitrogens with zero attached hydrogens (tertiary/aromatic N) is 4. The molecule has 8 nitrogen and oxygen atoms in total. The molecule has 2 aromatic heterocycles. The van der Waals surface area contributed by atoms with Crippen molar-refractivity contribution in [1.29, 1.82) is 0 Å². The standard InChI is InChI=1S/C30H35N5O3S/c1-20-28(39-24-6-11-31-26-25(24)38-19-30(34-26)9-14-37-15-10-30)33-23(18-36)27(32-20)35-12-7-29(8-13-35)16-21-4-2-3-5-22(21)17-29/h2-6,11,36H,7-10,12-19H2,1H3,(H,31,34). The fourth-order valence-corrected chi connectivity index (χ4v) is 7.61. The van der Waals surface area contributed by atoms with Gasteiger partial charge in [0.1, 0.15) is 17.3 Å². The van der Waals surface area contributed by atoms with Crippen molar-refractivity contribution in [3.05, 3.63) is 59.0 Å². The van der Waals surface area contributed by atoms with Gasteiger partial charge in [-0.2, -0.15) is 0 Å². The number of anilines is 2. The molecule has 2 N–H and O–H groups in total. The first-order valence-electron chi connectivity index (χ1n) is 14.0. The topological polar surface area (TPSA) is 92.6 Å². The van der Waals surface area contributed by atoms with Crippen LogP contribution in [-0.2, 0) is 24.2 Å². The van der Waals surface area contributed by atoms with E-state index < -0.39 is 0 Å². The largest absolute Gasteiger partial charge is 0.486 e. The molecule has 7 rings (SSSR count). The summed E-state index contributed by atoms with van der Waals surface area (Å²) in [7, 11) is 0. The first kappa shape index (κ1) is 25.1. The van der Waals surface area contributed by atoms with Gasteiger partial charge in [0.15, 0.2) is 17.4 Å². The van der Waals surface area contributed by atoms with Crippen molar-refractivity contribution in [2.45, 2.75) is 67.5 Å². The van der Waals surface area contributed by atoms with Gasteiger partial charge in [0.25, 0.3) is 0 Å². The molecule has 3 aliphatic heterocycles. The second-order valence-electron chi connectivity index (χ2n) is 11.5. The van der Waals surface area contributed by atoms with E-state index in [2.05, 4.69) is 39.5 Å². The molecule has 5 heterocycles. The summed E-state index contributed by atoms with van der Waals surface area (Å²) in [6.07, 6.45) is 8.23. The maximum absolute atomic E-state index is 10.3. The van der Waals surface area contributed by atoms with Crippen LogP contribution in [-0.4, -0.2) is 58.5 Å². The van der Waals surface area contributed by atoms with Crippen LogP contribution in [0.4, 0.5) is 11.6 Å². The number of hydrogen-bond acceptors (Lipinski definition) is 9. The van der Waals surface area contributed by atoms with Crippen LogP contribution in [0.1, 0.15) is 48.2 Å². The van der Waals surface area contributed by atoms with Gasteiger partial charge in [-0.3, -0.25) is 0 Å². The number of benzene rings is 1. The summed E-state index contributed by atoms with van der Waals surface area (Å²) in [6, 6.07) is 10.9. The third kappa shape index (κ3) is 4.64. The molecular weight excluding hydrogens is 510 g/mol. The minimum absolute atomic E-state index is 0.114. The molecule has 4 aliphatic rings. The van der Waals surface area contributed by atoms with Crippen LogP contribution in [0.2, 0.25) is 0 Å². The number of piperidine rings is 1. The van der Waals surface area contributed by atoms with Crippen LogP contribution in [0.5, 0.6) is 5.75 Å². The van der Waals surface area contributed by atoms with E-state index in [-0.39, 0.29) is 12.1 Å². The second kappa shape index (κ2) is 9.94. The number of aliphatic hydroxyl groups excluding tert-OH is 1. The molecule has 0 saturated carbocycles. The molecule has 1 aromatic carbocycles. The minimum Gasteiger partial charge on any atom is -0.486 e. The SMILES string of the molecule is Cc1nc(N2CCC3(CC2)Cc2ccccc2C3)c(CO)nc1Sc1ccnc2c1OCC1(CCOCC1)N2. The van der Waals surface area contributed by atoms with Gasteiger partial charge in [-0.05, 0) is 68.1 Å². The van der Waals surface area contributed by atoms with Gasteiger partial charge in [0.05, 0.1) is 22.7 Å². The Hall–Kier alpha value is -2.88. The number of aliphatic hydroxyl groups is 1. The fraction of sp³-hybridized carbons (Fsp3) is 0.500. The first-order valence-corrected chi connectivity index (χ1v) is 14.8. The van der Waals surface area contributed by atoms with Crippen LogP contribution in [0.25, 0.3) is 0 Å². The summed E-state index contributed by atoms with van der Waals surface area (Å²) in [5, 5.41) is 14.7. The number of hydrogen-bond donors (Lipinski definition) is 2. The summed E-state index contributed by atoms with van der Waals surface area (Å²) >= 11 is 1.52. The summed E-state index contributed by atoms with van der Waals surface area (Å²) in [5.74, 6) is 2.35. The summed E-state index contributed by atoms with van der Waals surface area (Å²) in [5.41, 5.74) is 4.76. The third-order valence-corrected chi connectivity index (χ3v) is 10.1. The first-order chi connectivity index (χ1) is 19.1. The van der Waals surface area contributed by atoms with Crippen molar-refractivity contribution in [3.63, 3.8) is 0 Å². The number of rotatable bonds is 4. The zero-order valence-corrected chi connectivity index (χ0v) is 23.2. The minimum atomic E-state index is -0.139. The lowest BCUT2D eigenvalue weighted by Crippen LogP contribution is -2.51. The third-order valence-electron chi connectivity index (χ3n) is 9.00. The molecule has 0 amide bonds. The van der Waals surface area contributed by atoms with Gasteiger partial charge in [0.2, 0.25) is 0 Å². The van der Waals surface area contributed by atoms with Crippen molar-refractivity contribution in [2.75, 3.05) is 43.1 Å². The number of aromatic nitrogens is 3. The predicted octanol–water partition coefficient (Wildman–Crippen LogP) is 4.56. The second-order valence-corrected chi connectivity index (χ2v) is 12.6. The highest BCUT2D eigenvalue weighted by Gasteiger charge is 2.41. The van der Waals surface area contributed by atoms with E-state index in [0.717, 1.165) is 85.0 Å². The summed E-state index contributed by atoms with van der Waals surface area (Å²) in [4.78, 5) is 17.7. The molecule has 2 spiro atoms. The van der Waals surface area contributed by atoms with Crippen molar-refractivity contribution >= 4 is 23.4 Å². The zero-order valence-electron chi connectivity index (χ0n) is 22.4. The Bertz CT molecular complexity index is 1360. The number of pyridine rings is 1. The molecule has 9 heteroatoms. The number of nitrogens with one attached hydrogen (secondary N) is 1. The van der Waals surface area contributed by atoms with Crippen molar-refractivity contribution in [1.82, 2.24) is 15.0 Å². The van der Waals surface area contributed by atoms with Gasteiger partial charge in [-0.1, -0.05) is 36.0 Å². The van der Waals surface area contributed by atoms with Crippen LogP contribution in [0.15, 0.2) is 46.5 Å². The zero-order chi connectivity index (χ0) is 26.5. The van der Waals surface area contributed by atoms with Crippen molar-refractivity contribution in [3.8, 4) is 5.75 Å². The maximum atomic E-state index is 10.3. The van der Waals surface area contributed by atoms with Gasteiger partial charge in [-0.15, -0.1) is 0 Å². The molecule has 2 fully saturated rings. The maximum Gasteiger partial charge on any atom is 0.175 e. The Morgan fingerprint density at radius 3 is 2.49 bits per heavy atom. The normalized spacial score (nSPS) is 20.8. The highest BCUT2D eigenvalue weighted by molar-refractivity contribution is 7.99. The molecule has 0 unspecified atom stereocenters. The van der Waals surface area contributed by atoms with Crippen molar-refractivity contribution in [2.24, 2.45) is 5.41 Å². The van der Waals surface area contributed by atoms with Crippen LogP contribution in [0, 0.1) is 12.3 Å². The van der Waals surface area contributed by atoms with Gasteiger partial charge < -0.3 is 24.8 Å². The van der Waals surface area contributed by atoms with Crippen molar-refractivity contribution < 1.29 is 14.6 Å². The Morgan fingerprint density at radius 2 is 1.77 bits per heavy atom. The monoisotopic (exact) mass is 545 g/mol. The van der Waals surface area contributed by atoms with Gasteiger partial charge in [-0.25, -0.2) is 15.0 Å². The Morgan fingerprint density at radius 1 is 1.03 bits per heavy atom. The van der Waals surface area contributed by atoms with Gasteiger partial charge >= 0.3 is 0 Å². The average molecular weight is 546 g/mol. The lowest BCUT2D eigenvalue weighted by molar-refractivity contribution is 0.0378. The number of ether oxygens (including phenoxy) is 2. The highest BCUT2D eigenvalue weighted by atomic mass is 32.2. The lowest BCUT2D eigenvalue weighted by Gasteiger charge is -2.41. The molecule has 0 bridgehead atoms. The highest BCUT2D eigenvalue weighted by Crippen LogP contribution is 2.46. The molecule has 204 valence electrons. The number of aryl methyl sites for hydroxylation is 1. The predicted molar refractivity (Wildman–Crippen MR) is 151 cm³/mol. The van der Waals surface area contributed by atoms with Crippen LogP contribution >= 0.6 is 11.8 Å². The summed E-state index contributed by atoms with van der Waals surface area (Å²) in [6.45, 7) is 5.80. The van der Waals surface area contributed by atoms with Crippen LogP contribution < -0.4 is 15.0 Å². The summed E-state index contributed by atoms with van der Waals surface area (Å²) < 4.78 is 11.9. The molecule has 0 radical (unpaired) electrons. The molecule has 0 atom stereocenters. The van der Waals surface area contributed by atoms with Crippen LogP contribution in [0.3, 0.4) is 0 Å². The molecule has 2 saturated heterocycles. The Balaban J connectivity index is 1.08. The molecule has 3 aromatic rings. The lowest BCUT2D eigenvalue weighted by atomic mass is 9.76.